The Morgan fingerprint density at radius 3 is 0.914 bits per heavy atom. The molecular weight excluding hydrogens is 1030 g/mol. The van der Waals surface area contributed by atoms with Gasteiger partial charge in [-0.05, 0) is 137 Å². The van der Waals surface area contributed by atoms with Crippen LogP contribution in [0.4, 0.5) is 34.1 Å². The zero-order chi connectivity index (χ0) is 55.0. The van der Waals surface area contributed by atoms with Crippen molar-refractivity contribution in [3.8, 4) is 0 Å². The molecule has 81 heavy (non-hydrogen) atoms. The summed E-state index contributed by atoms with van der Waals surface area (Å²) < 4.78 is 0. The topological polar surface area (TPSA) is 6.48 Å². The summed E-state index contributed by atoms with van der Waals surface area (Å²) >= 11 is 1.94. The normalized spacial score (nSPS) is 14.5. The van der Waals surface area contributed by atoms with Crippen molar-refractivity contribution in [2.75, 3.05) is 9.80 Å². The first-order valence-electron chi connectivity index (χ1n) is 29.0. The van der Waals surface area contributed by atoms with E-state index in [0.29, 0.717) is 17.8 Å². The molecule has 0 unspecified atom stereocenters. The van der Waals surface area contributed by atoms with Crippen LogP contribution in [0.1, 0.15) is 76.0 Å². The predicted octanol–water partition coefficient (Wildman–Crippen LogP) is 12.4. The summed E-state index contributed by atoms with van der Waals surface area (Å²) in [5.41, 5.74) is 15.8. The molecule has 0 bridgehead atoms. The number of fused-ring (bicyclic) bond motifs is 6. The van der Waals surface area contributed by atoms with Crippen molar-refractivity contribution < 1.29 is 0 Å². The summed E-state index contributed by atoms with van der Waals surface area (Å²) in [7, 11) is -5.63. The Kier molecular flexibility index (Phi) is 12.9. The third-order valence-electron chi connectivity index (χ3n) is 17.8. The van der Waals surface area contributed by atoms with Gasteiger partial charge in [0.25, 0.3) is 0 Å². The van der Waals surface area contributed by atoms with Crippen LogP contribution in [0.15, 0.2) is 277 Å². The number of para-hydroxylation sites is 4. The van der Waals surface area contributed by atoms with Crippen molar-refractivity contribution in [3.63, 3.8) is 0 Å². The lowest BCUT2D eigenvalue weighted by atomic mass is 9.34. The van der Waals surface area contributed by atoms with Crippen LogP contribution in [0.3, 0.4) is 0 Å². The van der Waals surface area contributed by atoms with Gasteiger partial charge in [-0.1, -0.05) is 276 Å². The zero-order valence-electron chi connectivity index (χ0n) is 47.0. The van der Waals surface area contributed by atoms with Crippen LogP contribution in [0, 0.1) is 0 Å². The van der Waals surface area contributed by atoms with Gasteiger partial charge in [0, 0.05) is 43.9 Å². The highest BCUT2D eigenvalue weighted by Crippen LogP contribution is 2.43. The average Bonchev–Trinajstić information content (AvgIpc) is 2.33. The van der Waals surface area contributed by atoms with Gasteiger partial charge in [-0.3, -0.25) is 0 Å². The van der Waals surface area contributed by atoms with Gasteiger partial charge in [-0.15, -0.1) is 0 Å². The van der Waals surface area contributed by atoms with E-state index in [1.54, 1.807) is 0 Å². The Morgan fingerprint density at radius 2 is 0.617 bits per heavy atom. The van der Waals surface area contributed by atoms with Crippen molar-refractivity contribution in [2.24, 2.45) is 0 Å². The standard InChI is InChI=1S/C75H65BN2SSi2/c1-51(2)54-47-61(52(3)4)75(62(48-54)53(5)6)76-63-49-55(77-65-35-19-23-39-71(65)80(57-27-11-7-12-28-57,58-29-13-8-14-30-58)72-40-24-20-36-66(72)77)43-45-69(63)79-70-46-44-56(50-64(70)76)78-67-37-21-25-41-73(67)81(59-31-15-9-16-32-59,60-33-17-10-18-34-60)74-42-26-22-38-68(74)78/h7-53H,1-6H3. The summed E-state index contributed by atoms with van der Waals surface area (Å²) in [5.74, 6) is 1.000. The van der Waals surface area contributed by atoms with Gasteiger partial charge in [-0.2, -0.15) is 0 Å². The Morgan fingerprint density at radius 1 is 0.321 bits per heavy atom. The zero-order valence-corrected chi connectivity index (χ0v) is 49.8. The fourth-order valence-electron chi connectivity index (χ4n) is 14.3. The van der Waals surface area contributed by atoms with Crippen LogP contribution in [0.2, 0.25) is 0 Å². The molecule has 0 amide bonds. The fraction of sp³-hybridized carbons (Fsp3) is 0.120. The first-order valence-corrected chi connectivity index (χ1v) is 33.8. The monoisotopic (exact) mass is 1090 g/mol. The largest absolute Gasteiger partial charge is 0.311 e. The van der Waals surface area contributed by atoms with Crippen LogP contribution in [-0.4, -0.2) is 22.9 Å². The van der Waals surface area contributed by atoms with Crippen molar-refractivity contribution in [1.82, 2.24) is 0 Å². The van der Waals surface area contributed by atoms with Gasteiger partial charge >= 0.3 is 0 Å². The average molecular weight is 1090 g/mol. The first-order chi connectivity index (χ1) is 39.7. The van der Waals surface area contributed by atoms with Crippen molar-refractivity contribution in [1.29, 1.82) is 0 Å². The quantitative estimate of drug-likeness (QED) is 0.126. The molecule has 2 nitrogen and oxygen atoms in total. The second-order valence-electron chi connectivity index (χ2n) is 23.3. The molecule has 6 heteroatoms. The number of anilines is 6. The lowest BCUT2D eigenvalue weighted by Crippen LogP contribution is -2.77. The van der Waals surface area contributed by atoms with Gasteiger partial charge in [0.1, 0.15) is 0 Å². The molecule has 0 spiro atoms. The van der Waals surface area contributed by atoms with E-state index in [1.165, 1.54) is 118 Å². The SMILES string of the molecule is CC(C)c1cc(C(C)C)c(B2c3cc(N4c5ccccc5[Si](c5ccccc5)(c5ccccc5)c5ccccc54)ccc3Sc3ccc(N4c5ccccc5[Si](c5ccccc5)(c5ccccc5)c5ccccc54)cc32)c(C(C)C)c1. The van der Waals surface area contributed by atoms with E-state index in [1.807, 2.05) is 11.8 Å². The van der Waals surface area contributed by atoms with Gasteiger partial charge < -0.3 is 9.80 Å². The summed E-state index contributed by atoms with van der Waals surface area (Å²) in [6.07, 6.45) is 0. The molecule has 14 rings (SSSR count). The highest BCUT2D eigenvalue weighted by Gasteiger charge is 2.51. The summed E-state index contributed by atoms with van der Waals surface area (Å²) in [6, 6.07) is 103. The minimum Gasteiger partial charge on any atom is -0.311 e. The maximum atomic E-state index is 2.60. The first kappa shape index (κ1) is 51.0. The molecule has 3 aliphatic heterocycles. The highest BCUT2D eigenvalue weighted by atomic mass is 32.2. The van der Waals surface area contributed by atoms with E-state index >= 15 is 0 Å². The van der Waals surface area contributed by atoms with Crippen LogP contribution in [0.25, 0.3) is 0 Å². The number of benzene rings is 11. The summed E-state index contributed by atoms with van der Waals surface area (Å²) in [6.45, 7) is 14.3. The Bertz CT molecular complexity index is 3730. The maximum absolute atomic E-state index is 2.82. The minimum absolute atomic E-state index is 0.0538. The molecular formula is C75H65BN2SSi2. The van der Waals surface area contributed by atoms with Crippen molar-refractivity contribution in [3.05, 3.63) is 284 Å². The molecule has 0 N–H and O–H groups in total. The number of hydrogen-bond donors (Lipinski definition) is 0. The molecule has 0 fully saturated rings. The van der Waals surface area contributed by atoms with Crippen molar-refractivity contribution in [2.45, 2.75) is 69.1 Å². The van der Waals surface area contributed by atoms with E-state index in [-0.39, 0.29) is 6.71 Å². The number of nitrogens with zero attached hydrogens (tertiary/aromatic N) is 2. The van der Waals surface area contributed by atoms with E-state index < -0.39 is 16.1 Å². The fourth-order valence-corrected chi connectivity index (χ4v) is 25.6. The molecule has 11 aromatic rings. The third-order valence-corrected chi connectivity index (χ3v) is 28.7. The molecule has 0 aliphatic carbocycles. The molecule has 0 radical (unpaired) electrons. The number of rotatable bonds is 10. The molecule has 0 saturated carbocycles. The van der Waals surface area contributed by atoms with Crippen molar-refractivity contribution >= 4 is 127 Å². The van der Waals surface area contributed by atoms with Gasteiger partial charge in [0.2, 0.25) is 6.71 Å². The molecule has 3 aliphatic rings. The third kappa shape index (κ3) is 7.97. The lowest BCUT2D eigenvalue weighted by Gasteiger charge is -2.45. The molecule has 3 heterocycles. The molecule has 11 aromatic carbocycles. The van der Waals surface area contributed by atoms with Crippen LogP contribution in [-0.2, 0) is 0 Å². The second kappa shape index (κ2) is 20.4. The van der Waals surface area contributed by atoms with E-state index in [2.05, 4.69) is 318 Å². The Balaban J connectivity index is 1.01. The van der Waals surface area contributed by atoms with Gasteiger partial charge in [0.15, 0.2) is 16.1 Å². The molecule has 392 valence electrons. The number of hydrogen-bond acceptors (Lipinski definition) is 3. The van der Waals surface area contributed by atoms with E-state index in [0.717, 1.165) is 0 Å². The smallest absolute Gasteiger partial charge is 0.245 e. The Hall–Kier alpha value is -8.13. The van der Waals surface area contributed by atoms with Gasteiger partial charge in [-0.25, -0.2) is 0 Å². The molecule has 0 saturated heterocycles. The van der Waals surface area contributed by atoms with Crippen LogP contribution in [0.5, 0.6) is 0 Å². The molecule has 0 aromatic heterocycles. The van der Waals surface area contributed by atoms with Gasteiger partial charge in [0.05, 0.1) is 0 Å². The van der Waals surface area contributed by atoms with Crippen LogP contribution < -0.4 is 67.7 Å². The predicted molar refractivity (Wildman–Crippen MR) is 354 cm³/mol. The van der Waals surface area contributed by atoms with Crippen LogP contribution >= 0.6 is 11.8 Å². The highest BCUT2D eigenvalue weighted by molar-refractivity contribution is 8.00. The summed E-state index contributed by atoms with van der Waals surface area (Å²) in [4.78, 5) is 7.82. The lowest BCUT2D eigenvalue weighted by molar-refractivity contribution is 0.812. The minimum atomic E-state index is -2.82. The second-order valence-corrected chi connectivity index (χ2v) is 31.8. The Labute approximate surface area is 485 Å². The van der Waals surface area contributed by atoms with E-state index in [4.69, 9.17) is 0 Å². The maximum Gasteiger partial charge on any atom is 0.245 e. The van der Waals surface area contributed by atoms with E-state index in [9.17, 15) is 0 Å². The summed E-state index contributed by atoms with van der Waals surface area (Å²) in [5, 5.41) is 11.2. The molecule has 0 atom stereocenters.